The van der Waals surface area contributed by atoms with Gasteiger partial charge < -0.3 is 10.4 Å². The van der Waals surface area contributed by atoms with Crippen LogP contribution in [0.2, 0.25) is 0 Å². The standard InChI is InChI=1S/C12H14N2O3/c1-7(8-2-3-8)14-11(15)10-5-4-9(6-13-10)12(16)17/h4-8H,2-3H2,1H3,(H,14,15)(H,16,17). The summed E-state index contributed by atoms with van der Waals surface area (Å²) in [6.07, 6.45) is 3.51. The van der Waals surface area contributed by atoms with Crippen LogP contribution in [0, 0.1) is 5.92 Å². The summed E-state index contributed by atoms with van der Waals surface area (Å²) in [6, 6.07) is 2.97. The average Bonchev–Trinajstić information content (AvgIpc) is 3.12. The Morgan fingerprint density at radius 2 is 2.18 bits per heavy atom. The van der Waals surface area contributed by atoms with Crippen LogP contribution in [0.1, 0.15) is 40.6 Å². The second kappa shape index (κ2) is 4.53. The highest BCUT2D eigenvalue weighted by molar-refractivity contribution is 5.93. The Balaban J connectivity index is 2.00. The molecule has 0 bridgehead atoms. The van der Waals surface area contributed by atoms with Gasteiger partial charge >= 0.3 is 5.97 Å². The molecule has 1 aromatic rings. The maximum atomic E-state index is 11.7. The fraction of sp³-hybridized carbons (Fsp3) is 0.417. The van der Waals surface area contributed by atoms with Gasteiger partial charge in [-0.15, -0.1) is 0 Å². The van der Waals surface area contributed by atoms with E-state index >= 15 is 0 Å². The minimum atomic E-state index is -1.05. The lowest BCUT2D eigenvalue weighted by atomic mass is 10.2. The molecule has 1 aliphatic rings. The number of carbonyl (C=O) groups excluding carboxylic acids is 1. The minimum absolute atomic E-state index is 0.0804. The molecule has 5 heteroatoms. The van der Waals surface area contributed by atoms with Gasteiger partial charge in [0.1, 0.15) is 5.69 Å². The van der Waals surface area contributed by atoms with Crippen molar-refractivity contribution in [2.45, 2.75) is 25.8 Å². The number of aromatic carboxylic acids is 1. The van der Waals surface area contributed by atoms with Gasteiger partial charge in [0.25, 0.3) is 5.91 Å². The van der Waals surface area contributed by atoms with Crippen molar-refractivity contribution < 1.29 is 14.7 Å². The molecule has 1 fully saturated rings. The number of carboxylic acid groups (broad SMARTS) is 1. The van der Waals surface area contributed by atoms with Crippen LogP contribution < -0.4 is 5.32 Å². The summed E-state index contributed by atoms with van der Waals surface area (Å²) in [5, 5.41) is 11.6. The molecule has 1 aliphatic carbocycles. The molecular weight excluding hydrogens is 220 g/mol. The second-order valence-electron chi connectivity index (χ2n) is 4.34. The Morgan fingerprint density at radius 1 is 1.47 bits per heavy atom. The second-order valence-corrected chi connectivity index (χ2v) is 4.34. The molecule has 2 rings (SSSR count). The molecular formula is C12H14N2O3. The fourth-order valence-corrected chi connectivity index (χ4v) is 1.65. The molecule has 1 heterocycles. The first-order valence-electron chi connectivity index (χ1n) is 5.58. The molecule has 1 atom stereocenters. The Hall–Kier alpha value is -1.91. The average molecular weight is 234 g/mol. The van der Waals surface area contributed by atoms with Gasteiger partial charge in [0.2, 0.25) is 0 Å². The van der Waals surface area contributed by atoms with E-state index in [1.807, 2.05) is 6.92 Å². The number of nitrogens with one attached hydrogen (secondary N) is 1. The normalized spacial score (nSPS) is 16.3. The van der Waals surface area contributed by atoms with Crippen LogP contribution in [-0.2, 0) is 0 Å². The molecule has 17 heavy (non-hydrogen) atoms. The molecule has 1 amide bonds. The van der Waals surface area contributed by atoms with Crippen LogP contribution >= 0.6 is 0 Å². The summed E-state index contributed by atoms with van der Waals surface area (Å²) in [7, 11) is 0. The number of carboxylic acids is 1. The molecule has 5 nitrogen and oxygen atoms in total. The third-order valence-electron chi connectivity index (χ3n) is 2.93. The van der Waals surface area contributed by atoms with Gasteiger partial charge in [0.05, 0.1) is 5.56 Å². The number of amides is 1. The molecule has 90 valence electrons. The number of rotatable bonds is 4. The van der Waals surface area contributed by atoms with Crippen molar-refractivity contribution in [2.24, 2.45) is 5.92 Å². The first kappa shape index (κ1) is 11.6. The molecule has 2 N–H and O–H groups in total. The van der Waals surface area contributed by atoms with Crippen LogP contribution in [0.15, 0.2) is 18.3 Å². The van der Waals surface area contributed by atoms with Crippen molar-refractivity contribution in [3.8, 4) is 0 Å². The van der Waals surface area contributed by atoms with Crippen LogP contribution in [0.3, 0.4) is 0 Å². The Morgan fingerprint density at radius 3 is 2.65 bits per heavy atom. The zero-order valence-corrected chi connectivity index (χ0v) is 9.51. The van der Waals surface area contributed by atoms with Gasteiger partial charge in [-0.2, -0.15) is 0 Å². The monoisotopic (exact) mass is 234 g/mol. The summed E-state index contributed by atoms with van der Waals surface area (Å²) < 4.78 is 0. The SMILES string of the molecule is CC(NC(=O)c1ccc(C(=O)O)cn1)C1CC1. The Labute approximate surface area is 98.9 Å². The van der Waals surface area contributed by atoms with Crippen LogP contribution in [-0.4, -0.2) is 28.0 Å². The molecule has 0 radical (unpaired) electrons. The number of nitrogens with zero attached hydrogens (tertiary/aromatic N) is 1. The van der Waals surface area contributed by atoms with Gasteiger partial charge in [-0.05, 0) is 37.8 Å². The zero-order valence-electron chi connectivity index (χ0n) is 9.51. The van der Waals surface area contributed by atoms with Gasteiger partial charge in [-0.3, -0.25) is 9.78 Å². The lowest BCUT2D eigenvalue weighted by Gasteiger charge is -2.12. The smallest absolute Gasteiger partial charge is 0.337 e. The van der Waals surface area contributed by atoms with Crippen molar-refractivity contribution in [2.75, 3.05) is 0 Å². The summed E-state index contributed by atoms with van der Waals surface area (Å²) in [5.74, 6) is -0.714. The van der Waals surface area contributed by atoms with E-state index in [-0.39, 0.29) is 23.2 Å². The van der Waals surface area contributed by atoms with E-state index in [2.05, 4.69) is 10.3 Å². The number of pyridine rings is 1. The molecule has 0 aliphatic heterocycles. The summed E-state index contributed by atoms with van der Waals surface area (Å²) in [4.78, 5) is 26.2. The van der Waals surface area contributed by atoms with Crippen LogP contribution in [0.5, 0.6) is 0 Å². The Bertz CT molecular complexity index is 438. The van der Waals surface area contributed by atoms with Crippen molar-refractivity contribution in [1.82, 2.24) is 10.3 Å². The largest absolute Gasteiger partial charge is 0.478 e. The van der Waals surface area contributed by atoms with E-state index in [1.165, 1.54) is 18.3 Å². The van der Waals surface area contributed by atoms with E-state index in [4.69, 9.17) is 5.11 Å². The highest BCUT2D eigenvalue weighted by Gasteiger charge is 2.29. The third kappa shape index (κ3) is 2.81. The van der Waals surface area contributed by atoms with Crippen LogP contribution in [0.25, 0.3) is 0 Å². The molecule has 1 aromatic heterocycles. The lowest BCUT2D eigenvalue weighted by molar-refractivity contribution is 0.0695. The van der Waals surface area contributed by atoms with Crippen molar-refractivity contribution in [3.63, 3.8) is 0 Å². The minimum Gasteiger partial charge on any atom is -0.478 e. The highest BCUT2D eigenvalue weighted by atomic mass is 16.4. The van der Waals surface area contributed by atoms with Crippen molar-refractivity contribution in [1.29, 1.82) is 0 Å². The predicted octanol–water partition coefficient (Wildman–Crippen LogP) is 1.31. The highest BCUT2D eigenvalue weighted by Crippen LogP contribution is 2.32. The number of aromatic nitrogens is 1. The van der Waals surface area contributed by atoms with Gasteiger partial charge in [-0.1, -0.05) is 0 Å². The topological polar surface area (TPSA) is 79.3 Å². The first-order valence-corrected chi connectivity index (χ1v) is 5.58. The first-order chi connectivity index (χ1) is 8.08. The van der Waals surface area contributed by atoms with Crippen molar-refractivity contribution >= 4 is 11.9 Å². The van der Waals surface area contributed by atoms with Gasteiger partial charge in [-0.25, -0.2) is 4.79 Å². The quantitative estimate of drug-likeness (QED) is 0.823. The fourth-order valence-electron chi connectivity index (χ4n) is 1.65. The molecule has 1 unspecified atom stereocenters. The number of hydrogen-bond donors (Lipinski definition) is 2. The number of hydrogen-bond acceptors (Lipinski definition) is 3. The van der Waals surface area contributed by atoms with Gasteiger partial charge in [0.15, 0.2) is 0 Å². The summed E-state index contributed by atoms with van der Waals surface area (Å²) in [6.45, 7) is 1.97. The van der Waals surface area contributed by atoms with E-state index < -0.39 is 5.97 Å². The number of carbonyl (C=O) groups is 2. The van der Waals surface area contributed by atoms with E-state index in [9.17, 15) is 9.59 Å². The molecule has 1 saturated carbocycles. The zero-order chi connectivity index (χ0) is 12.4. The summed E-state index contributed by atoms with van der Waals surface area (Å²) in [5.41, 5.74) is 0.333. The van der Waals surface area contributed by atoms with Crippen LogP contribution in [0.4, 0.5) is 0 Å². The molecule has 0 aromatic carbocycles. The van der Waals surface area contributed by atoms with Crippen molar-refractivity contribution in [3.05, 3.63) is 29.6 Å². The Kier molecular flexibility index (Phi) is 3.08. The van der Waals surface area contributed by atoms with E-state index in [1.54, 1.807) is 0 Å². The molecule has 0 saturated heterocycles. The van der Waals surface area contributed by atoms with Gasteiger partial charge in [0, 0.05) is 12.2 Å². The summed E-state index contributed by atoms with van der Waals surface area (Å²) >= 11 is 0. The third-order valence-corrected chi connectivity index (χ3v) is 2.93. The maximum absolute atomic E-state index is 11.7. The van der Waals surface area contributed by atoms with E-state index in [0.717, 1.165) is 12.8 Å². The molecule has 0 spiro atoms. The lowest BCUT2D eigenvalue weighted by Crippen LogP contribution is -2.34. The predicted molar refractivity (Wildman–Crippen MR) is 60.8 cm³/mol. The maximum Gasteiger partial charge on any atom is 0.337 e. The van der Waals surface area contributed by atoms with E-state index in [0.29, 0.717) is 5.92 Å².